The molecule has 0 radical (unpaired) electrons. The highest BCUT2D eigenvalue weighted by Gasteiger charge is 2.35. The van der Waals surface area contributed by atoms with Crippen molar-refractivity contribution in [1.29, 1.82) is 0 Å². The third kappa shape index (κ3) is 3.16. The summed E-state index contributed by atoms with van der Waals surface area (Å²) in [5, 5.41) is 4.29. The molecule has 124 valence electrons. The van der Waals surface area contributed by atoms with Crippen molar-refractivity contribution in [1.82, 2.24) is 19.7 Å². The van der Waals surface area contributed by atoms with Gasteiger partial charge in [-0.1, -0.05) is 0 Å². The van der Waals surface area contributed by atoms with Crippen LogP contribution >= 0.6 is 0 Å². The second-order valence-electron chi connectivity index (χ2n) is 5.61. The van der Waals surface area contributed by atoms with E-state index in [0.717, 1.165) is 18.9 Å². The van der Waals surface area contributed by atoms with Crippen molar-refractivity contribution < 1.29 is 13.2 Å². The highest BCUT2D eigenvalue weighted by atomic mass is 19.4. The van der Waals surface area contributed by atoms with Crippen LogP contribution in [0.25, 0.3) is 11.3 Å². The Morgan fingerprint density at radius 3 is 2.43 bits per heavy atom. The van der Waals surface area contributed by atoms with Crippen LogP contribution in [0.4, 0.5) is 19.1 Å². The number of halogens is 3. The van der Waals surface area contributed by atoms with Crippen LogP contribution in [0.15, 0.2) is 12.3 Å². The monoisotopic (exact) mass is 325 g/mol. The summed E-state index contributed by atoms with van der Waals surface area (Å²) < 4.78 is 41.3. The lowest BCUT2D eigenvalue weighted by atomic mass is 10.1. The van der Waals surface area contributed by atoms with Gasteiger partial charge in [0.05, 0.1) is 11.4 Å². The van der Waals surface area contributed by atoms with E-state index in [1.807, 2.05) is 6.92 Å². The summed E-state index contributed by atoms with van der Waals surface area (Å²) in [5.74, 6) is 0.149. The van der Waals surface area contributed by atoms with Crippen molar-refractivity contribution in [2.75, 3.05) is 18.0 Å². The molecule has 5 nitrogen and oxygen atoms in total. The summed E-state index contributed by atoms with van der Waals surface area (Å²) in [4.78, 5) is 9.90. The number of nitrogens with zero attached hydrogens (tertiary/aromatic N) is 5. The molecule has 1 aliphatic heterocycles. The van der Waals surface area contributed by atoms with Gasteiger partial charge in [-0.3, -0.25) is 4.68 Å². The average molecular weight is 325 g/mol. The summed E-state index contributed by atoms with van der Waals surface area (Å²) in [5.41, 5.74) is 0.630. The molecule has 2 aromatic rings. The first kappa shape index (κ1) is 15.8. The van der Waals surface area contributed by atoms with Gasteiger partial charge >= 0.3 is 6.18 Å². The topological polar surface area (TPSA) is 46.8 Å². The molecule has 0 N–H and O–H groups in total. The molecular formula is C15H18F3N5. The Balaban J connectivity index is 2.11. The largest absolute Gasteiger partial charge is 0.433 e. The maximum atomic E-state index is 13.2. The fourth-order valence-corrected chi connectivity index (χ4v) is 2.71. The van der Waals surface area contributed by atoms with Gasteiger partial charge in [-0.25, -0.2) is 9.97 Å². The zero-order valence-corrected chi connectivity index (χ0v) is 13.1. The number of aryl methyl sites for hydroxylation is 2. The molecule has 1 saturated heterocycles. The van der Waals surface area contributed by atoms with Crippen molar-refractivity contribution >= 4 is 5.95 Å². The number of anilines is 1. The van der Waals surface area contributed by atoms with E-state index in [4.69, 9.17) is 0 Å². The predicted octanol–water partition coefficient (Wildman–Crippen LogP) is 3.29. The summed E-state index contributed by atoms with van der Waals surface area (Å²) in [6.45, 7) is 5.72. The van der Waals surface area contributed by atoms with E-state index < -0.39 is 11.9 Å². The first-order valence-corrected chi connectivity index (χ1v) is 7.64. The third-order valence-corrected chi connectivity index (χ3v) is 3.94. The second-order valence-corrected chi connectivity index (χ2v) is 5.61. The Bertz CT molecular complexity index is 702. The minimum absolute atomic E-state index is 0.149. The Morgan fingerprint density at radius 1 is 1.17 bits per heavy atom. The molecule has 1 fully saturated rings. The van der Waals surface area contributed by atoms with E-state index in [1.54, 1.807) is 22.7 Å². The molecule has 0 atom stereocenters. The van der Waals surface area contributed by atoms with Crippen LogP contribution in [0.5, 0.6) is 0 Å². The molecule has 2 aromatic heterocycles. The van der Waals surface area contributed by atoms with Crippen molar-refractivity contribution in [3.05, 3.63) is 23.7 Å². The summed E-state index contributed by atoms with van der Waals surface area (Å²) in [6, 6.07) is 1.00. The van der Waals surface area contributed by atoms with Crippen molar-refractivity contribution in [3.8, 4) is 11.3 Å². The molecule has 0 amide bonds. The Labute approximate surface area is 132 Å². The van der Waals surface area contributed by atoms with Crippen molar-refractivity contribution in [2.24, 2.45) is 0 Å². The van der Waals surface area contributed by atoms with Gasteiger partial charge in [-0.05, 0) is 32.8 Å². The van der Waals surface area contributed by atoms with Crippen LogP contribution in [-0.2, 0) is 12.7 Å². The van der Waals surface area contributed by atoms with Gasteiger partial charge in [-0.2, -0.15) is 18.3 Å². The lowest BCUT2D eigenvalue weighted by Gasteiger charge is -2.17. The highest BCUT2D eigenvalue weighted by molar-refractivity contribution is 5.63. The average Bonchev–Trinajstić information content (AvgIpc) is 3.15. The molecule has 0 bridgehead atoms. The molecule has 0 unspecified atom stereocenters. The van der Waals surface area contributed by atoms with E-state index in [0.29, 0.717) is 30.9 Å². The Hall–Kier alpha value is -2.12. The number of aromatic nitrogens is 4. The smallest absolute Gasteiger partial charge is 0.341 e. The molecule has 0 aliphatic carbocycles. The van der Waals surface area contributed by atoms with Crippen LogP contribution in [0.2, 0.25) is 0 Å². The van der Waals surface area contributed by atoms with Crippen LogP contribution in [-0.4, -0.2) is 32.8 Å². The summed E-state index contributed by atoms with van der Waals surface area (Å²) >= 11 is 0. The van der Waals surface area contributed by atoms with E-state index in [-0.39, 0.29) is 11.6 Å². The molecule has 0 saturated carbocycles. The maximum absolute atomic E-state index is 13.2. The Kier molecular flexibility index (Phi) is 3.99. The predicted molar refractivity (Wildman–Crippen MR) is 80.1 cm³/mol. The standard InChI is InChI=1S/C15H18F3N5/c1-3-23-9-11(10(2)21-23)12-8-13(15(16,17)18)20-14(19-12)22-6-4-5-7-22/h8-9H,3-7H2,1-2H3. The number of rotatable bonds is 3. The molecule has 1 aliphatic rings. The van der Waals surface area contributed by atoms with Gasteiger partial charge in [0.2, 0.25) is 5.95 Å². The van der Waals surface area contributed by atoms with E-state index in [2.05, 4.69) is 15.1 Å². The molecule has 23 heavy (non-hydrogen) atoms. The van der Waals surface area contributed by atoms with Gasteiger partial charge in [0.15, 0.2) is 5.69 Å². The van der Waals surface area contributed by atoms with Crippen LogP contribution in [0.3, 0.4) is 0 Å². The van der Waals surface area contributed by atoms with Crippen LogP contribution in [0.1, 0.15) is 31.2 Å². The third-order valence-electron chi connectivity index (χ3n) is 3.94. The fraction of sp³-hybridized carbons (Fsp3) is 0.533. The molecule has 0 spiro atoms. The maximum Gasteiger partial charge on any atom is 0.433 e. The van der Waals surface area contributed by atoms with E-state index >= 15 is 0 Å². The number of hydrogen-bond acceptors (Lipinski definition) is 4. The van der Waals surface area contributed by atoms with Gasteiger partial charge < -0.3 is 4.90 Å². The van der Waals surface area contributed by atoms with Gasteiger partial charge in [-0.15, -0.1) is 0 Å². The molecular weight excluding hydrogens is 307 g/mol. The van der Waals surface area contributed by atoms with Gasteiger partial charge in [0.25, 0.3) is 0 Å². The number of hydrogen-bond donors (Lipinski definition) is 0. The van der Waals surface area contributed by atoms with Gasteiger partial charge in [0, 0.05) is 31.4 Å². The normalized spacial score (nSPS) is 15.4. The van der Waals surface area contributed by atoms with Crippen molar-refractivity contribution in [2.45, 2.75) is 39.4 Å². The first-order chi connectivity index (χ1) is 10.9. The second kappa shape index (κ2) is 5.82. The summed E-state index contributed by atoms with van der Waals surface area (Å²) in [7, 11) is 0. The lowest BCUT2D eigenvalue weighted by Crippen LogP contribution is -2.22. The minimum Gasteiger partial charge on any atom is -0.341 e. The molecule has 3 rings (SSSR count). The molecule has 0 aromatic carbocycles. The number of alkyl halides is 3. The molecule has 3 heterocycles. The first-order valence-electron chi connectivity index (χ1n) is 7.64. The lowest BCUT2D eigenvalue weighted by molar-refractivity contribution is -0.141. The van der Waals surface area contributed by atoms with E-state index in [1.165, 1.54) is 0 Å². The fourth-order valence-electron chi connectivity index (χ4n) is 2.71. The van der Waals surface area contributed by atoms with Crippen molar-refractivity contribution in [3.63, 3.8) is 0 Å². The van der Waals surface area contributed by atoms with Crippen LogP contribution in [0, 0.1) is 6.92 Å². The SMILES string of the molecule is CCn1cc(-c2cc(C(F)(F)F)nc(N3CCCC3)n2)c(C)n1. The minimum atomic E-state index is -4.50. The zero-order chi connectivity index (χ0) is 16.6. The highest BCUT2D eigenvalue weighted by Crippen LogP contribution is 2.33. The molecule has 8 heteroatoms. The zero-order valence-electron chi connectivity index (χ0n) is 13.1. The summed E-state index contributed by atoms with van der Waals surface area (Å²) in [6.07, 6.45) is -0.879. The van der Waals surface area contributed by atoms with E-state index in [9.17, 15) is 13.2 Å². The quantitative estimate of drug-likeness (QED) is 0.869. The van der Waals surface area contributed by atoms with Gasteiger partial charge in [0.1, 0.15) is 0 Å². The van der Waals surface area contributed by atoms with Crippen LogP contribution < -0.4 is 4.90 Å². The Morgan fingerprint density at radius 2 is 1.87 bits per heavy atom.